The highest BCUT2D eigenvalue weighted by atomic mass is 28.4. The zero-order valence-electron chi connectivity index (χ0n) is 27.1. The normalized spacial score (nSPS) is 14.5. The number of benzene rings is 1. The molecule has 8 nitrogen and oxygen atoms in total. The van der Waals surface area contributed by atoms with Gasteiger partial charge in [-0.3, -0.25) is 4.98 Å². The molecule has 0 aliphatic heterocycles. The third kappa shape index (κ3) is 8.50. The predicted molar refractivity (Wildman–Crippen MR) is 176 cm³/mol. The van der Waals surface area contributed by atoms with Gasteiger partial charge in [-0.1, -0.05) is 61.5 Å². The quantitative estimate of drug-likeness (QED) is 0.216. The van der Waals surface area contributed by atoms with E-state index in [0.717, 1.165) is 22.2 Å². The molecule has 10 heteroatoms. The highest BCUT2D eigenvalue weighted by Gasteiger charge is 2.40. The maximum absolute atomic E-state index is 6.68. The van der Waals surface area contributed by atoms with E-state index in [4.69, 9.17) is 19.3 Å². The molecule has 2 atom stereocenters. The van der Waals surface area contributed by atoms with E-state index in [1.165, 1.54) is 0 Å². The first-order valence-electron chi connectivity index (χ1n) is 14.6. The van der Waals surface area contributed by atoms with Gasteiger partial charge >= 0.3 is 0 Å². The zero-order valence-corrected chi connectivity index (χ0v) is 29.3. The van der Waals surface area contributed by atoms with Gasteiger partial charge in [0, 0.05) is 11.6 Å². The maximum atomic E-state index is 6.68. The van der Waals surface area contributed by atoms with Crippen molar-refractivity contribution in [2.24, 2.45) is 5.41 Å². The average Bonchev–Trinajstić information content (AvgIpc) is 2.84. The van der Waals surface area contributed by atoms with Crippen molar-refractivity contribution in [3.63, 3.8) is 0 Å². The molecule has 0 fully saturated rings. The van der Waals surface area contributed by atoms with Gasteiger partial charge in [0.15, 0.2) is 28.9 Å². The van der Waals surface area contributed by atoms with E-state index in [9.17, 15) is 0 Å². The molecule has 0 aliphatic carbocycles. The van der Waals surface area contributed by atoms with Gasteiger partial charge in [-0.2, -0.15) is 4.98 Å². The summed E-state index contributed by atoms with van der Waals surface area (Å²) in [5.41, 5.74) is 8.30. The van der Waals surface area contributed by atoms with Crippen LogP contribution in [0.25, 0.3) is 10.9 Å². The predicted octanol–water partition coefficient (Wildman–Crippen LogP) is 7.74. The van der Waals surface area contributed by atoms with Crippen LogP contribution in [-0.2, 0) is 8.85 Å². The molecule has 1 aromatic carbocycles. The molecule has 2 aromatic heterocycles. The minimum Gasteiger partial charge on any atom is -0.452 e. The van der Waals surface area contributed by atoms with Crippen molar-refractivity contribution in [2.75, 3.05) is 17.7 Å². The van der Waals surface area contributed by atoms with E-state index in [1.807, 2.05) is 18.2 Å². The van der Waals surface area contributed by atoms with Crippen molar-refractivity contribution in [2.45, 2.75) is 105 Å². The van der Waals surface area contributed by atoms with Gasteiger partial charge in [-0.25, -0.2) is 4.98 Å². The third-order valence-electron chi connectivity index (χ3n) is 7.74. The van der Waals surface area contributed by atoms with Crippen molar-refractivity contribution in [3.05, 3.63) is 42.2 Å². The number of pyridine rings is 1. The Hall–Kier alpha value is -2.54. The fraction of sp³-hybridized carbons (Fsp3) is 0.581. The van der Waals surface area contributed by atoms with Crippen molar-refractivity contribution in [1.29, 1.82) is 0 Å². The summed E-state index contributed by atoms with van der Waals surface area (Å²) in [7, 11) is -3.36. The molecule has 0 radical (unpaired) electrons. The molecule has 0 saturated heterocycles. The summed E-state index contributed by atoms with van der Waals surface area (Å²) < 4.78 is 19.6. The number of nitrogens with zero attached hydrogens (tertiary/aromatic N) is 3. The molecule has 2 heterocycles. The molecule has 3 rings (SSSR count). The molecule has 0 saturated carbocycles. The Morgan fingerprint density at radius 2 is 1.71 bits per heavy atom. The molecule has 3 aromatic rings. The summed E-state index contributed by atoms with van der Waals surface area (Å²) in [6.07, 6.45) is 3.34. The number of ether oxygens (including phenoxy) is 1. The summed E-state index contributed by atoms with van der Waals surface area (Å²) in [6, 6.07) is 7.84. The summed E-state index contributed by atoms with van der Waals surface area (Å²) in [5, 5.41) is 4.62. The van der Waals surface area contributed by atoms with Gasteiger partial charge in [0.1, 0.15) is 5.75 Å². The molecule has 226 valence electrons. The second-order valence-electron chi connectivity index (χ2n) is 14.1. The van der Waals surface area contributed by atoms with Crippen LogP contribution in [0.5, 0.6) is 11.5 Å². The standard InChI is InChI=1S/C31H51N5O3Si2/c1-20(2)22-17-23-21(14-13-15-33-23)16-25(22)38-26-18-34-29(36-28(26)32)35-24(19-37-41(11,12)31(6,7)8)27(30(3,4)5)39-40(9)10/h13-18,20,24,27,40H,19H2,1-12H3,(H3,32,34,35,36). The van der Waals surface area contributed by atoms with E-state index in [2.05, 4.69) is 108 Å². The molecule has 0 spiro atoms. The molecule has 41 heavy (non-hydrogen) atoms. The number of nitrogens with one attached hydrogen (secondary N) is 1. The number of nitrogen functional groups attached to an aromatic ring is 1. The minimum absolute atomic E-state index is 0.0933. The Kier molecular flexibility index (Phi) is 10.3. The van der Waals surface area contributed by atoms with Gasteiger partial charge in [0.25, 0.3) is 0 Å². The second kappa shape index (κ2) is 12.8. The number of aromatic nitrogens is 3. The molecule has 0 bridgehead atoms. The van der Waals surface area contributed by atoms with Crippen LogP contribution >= 0.6 is 0 Å². The smallest absolute Gasteiger partial charge is 0.225 e. The first kappa shape index (κ1) is 33.0. The third-order valence-corrected chi connectivity index (χ3v) is 13.1. The Balaban J connectivity index is 1.91. The fourth-order valence-corrected chi connectivity index (χ4v) is 6.60. The Labute approximate surface area is 249 Å². The SMILES string of the molecule is CC(C)c1cc2ncccc2cc1Oc1cnc(NC(CO[Si](C)(C)C(C)(C)C)C(O[SiH](C)C)C(C)(C)C)nc1N. The number of hydrogen-bond donors (Lipinski definition) is 2. The van der Waals surface area contributed by atoms with Crippen LogP contribution in [0.2, 0.25) is 31.2 Å². The first-order chi connectivity index (χ1) is 18.9. The van der Waals surface area contributed by atoms with Crippen LogP contribution in [0.15, 0.2) is 36.7 Å². The lowest BCUT2D eigenvalue weighted by Gasteiger charge is -2.42. The monoisotopic (exact) mass is 597 g/mol. The number of fused-ring (bicyclic) bond motifs is 1. The van der Waals surface area contributed by atoms with Gasteiger partial charge in [-0.05, 0) is 66.3 Å². The first-order valence-corrected chi connectivity index (χ1v) is 20.3. The van der Waals surface area contributed by atoms with Gasteiger partial charge in [-0.15, -0.1) is 0 Å². The molecular formula is C31H51N5O3Si2. The van der Waals surface area contributed by atoms with E-state index in [0.29, 0.717) is 18.3 Å². The second-order valence-corrected chi connectivity index (χ2v) is 21.3. The number of nitrogens with two attached hydrogens (primary N) is 1. The van der Waals surface area contributed by atoms with Gasteiger partial charge in [0.05, 0.1) is 30.5 Å². The van der Waals surface area contributed by atoms with Crippen LogP contribution in [-0.4, -0.2) is 51.1 Å². The fourth-order valence-electron chi connectivity index (χ4n) is 4.39. The highest BCUT2D eigenvalue weighted by Crippen LogP contribution is 2.38. The van der Waals surface area contributed by atoms with Gasteiger partial charge < -0.3 is 24.6 Å². The van der Waals surface area contributed by atoms with Gasteiger partial charge in [0.2, 0.25) is 5.95 Å². The lowest BCUT2D eigenvalue weighted by atomic mass is 9.85. The number of hydrogen-bond acceptors (Lipinski definition) is 8. The maximum Gasteiger partial charge on any atom is 0.225 e. The zero-order chi connectivity index (χ0) is 30.8. The summed E-state index contributed by atoms with van der Waals surface area (Å²) in [6.45, 7) is 27.0. The molecule has 0 aliphatic rings. The number of rotatable bonds is 11. The van der Waals surface area contributed by atoms with Crippen molar-refractivity contribution >= 4 is 40.0 Å². The lowest BCUT2D eigenvalue weighted by Crippen LogP contribution is -2.52. The molecule has 0 amide bonds. The highest BCUT2D eigenvalue weighted by molar-refractivity contribution is 6.74. The molecule has 3 N–H and O–H groups in total. The Morgan fingerprint density at radius 3 is 2.27 bits per heavy atom. The van der Waals surface area contributed by atoms with E-state index in [-0.39, 0.29) is 34.3 Å². The van der Waals surface area contributed by atoms with Crippen LogP contribution in [0.1, 0.15) is 66.9 Å². The summed E-state index contributed by atoms with van der Waals surface area (Å²) in [4.78, 5) is 13.7. The van der Waals surface area contributed by atoms with E-state index >= 15 is 0 Å². The lowest BCUT2D eigenvalue weighted by molar-refractivity contribution is 0.0509. The molecule has 2 unspecified atom stereocenters. The van der Waals surface area contributed by atoms with E-state index < -0.39 is 17.4 Å². The van der Waals surface area contributed by atoms with Crippen molar-refractivity contribution in [3.8, 4) is 11.5 Å². The average molecular weight is 598 g/mol. The van der Waals surface area contributed by atoms with Crippen LogP contribution in [0.4, 0.5) is 11.8 Å². The number of anilines is 2. The van der Waals surface area contributed by atoms with Crippen molar-refractivity contribution < 1.29 is 13.6 Å². The Bertz CT molecular complexity index is 1320. The minimum atomic E-state index is -2.00. The van der Waals surface area contributed by atoms with Crippen LogP contribution in [0.3, 0.4) is 0 Å². The summed E-state index contributed by atoms with van der Waals surface area (Å²) in [5.74, 6) is 2.06. The molecular weight excluding hydrogens is 547 g/mol. The summed E-state index contributed by atoms with van der Waals surface area (Å²) >= 11 is 0. The van der Waals surface area contributed by atoms with Crippen LogP contribution in [0, 0.1) is 5.41 Å². The van der Waals surface area contributed by atoms with Crippen molar-refractivity contribution in [1.82, 2.24) is 15.0 Å². The van der Waals surface area contributed by atoms with E-state index in [1.54, 1.807) is 12.4 Å². The Morgan fingerprint density at radius 1 is 1.02 bits per heavy atom. The topological polar surface area (TPSA) is 104 Å². The van der Waals surface area contributed by atoms with Crippen LogP contribution < -0.4 is 15.8 Å². The largest absolute Gasteiger partial charge is 0.452 e.